The molecule has 0 heterocycles. The molecule has 0 bridgehead atoms. The second-order valence-corrected chi connectivity index (χ2v) is 12.5. The molecule has 0 saturated heterocycles. The van der Waals surface area contributed by atoms with E-state index in [9.17, 15) is 0 Å². The third kappa shape index (κ3) is 3.74. The van der Waals surface area contributed by atoms with E-state index in [2.05, 4.69) is 170 Å². The Balaban J connectivity index is 1.19. The van der Waals surface area contributed by atoms with Gasteiger partial charge in [-0.25, -0.2) is 0 Å². The summed E-state index contributed by atoms with van der Waals surface area (Å²) in [5.74, 6) is 0. The van der Waals surface area contributed by atoms with Crippen LogP contribution in [0.15, 0.2) is 170 Å². The van der Waals surface area contributed by atoms with Crippen LogP contribution in [-0.2, 0) is 0 Å². The van der Waals surface area contributed by atoms with Gasteiger partial charge in [0.2, 0.25) is 0 Å². The van der Waals surface area contributed by atoms with Gasteiger partial charge in [0.05, 0.1) is 0 Å². The summed E-state index contributed by atoms with van der Waals surface area (Å²) in [5, 5.41) is 18.0. The highest BCUT2D eigenvalue weighted by molar-refractivity contribution is 6.19. The van der Waals surface area contributed by atoms with Crippen LogP contribution in [0, 0.1) is 0 Å². The molecule has 0 spiro atoms. The molecular formula is C46H28. The van der Waals surface area contributed by atoms with Crippen molar-refractivity contribution in [2.75, 3.05) is 0 Å². The first-order valence-electron chi connectivity index (χ1n) is 16.0. The molecule has 0 aliphatic carbocycles. The van der Waals surface area contributed by atoms with Gasteiger partial charge in [0.1, 0.15) is 0 Å². The predicted molar refractivity (Wildman–Crippen MR) is 200 cm³/mol. The summed E-state index contributed by atoms with van der Waals surface area (Å²) in [6.07, 6.45) is 0. The van der Waals surface area contributed by atoms with E-state index < -0.39 is 0 Å². The lowest BCUT2D eigenvalue weighted by Gasteiger charge is -2.16. The van der Waals surface area contributed by atoms with E-state index in [-0.39, 0.29) is 0 Å². The maximum Gasteiger partial charge on any atom is -0.00266 e. The lowest BCUT2D eigenvalue weighted by Crippen LogP contribution is -1.90. The zero-order chi connectivity index (χ0) is 30.2. The first-order chi connectivity index (χ1) is 22.8. The van der Waals surface area contributed by atoms with Gasteiger partial charge in [0, 0.05) is 0 Å². The Bertz CT molecular complexity index is 2850. The molecule has 0 saturated carbocycles. The van der Waals surface area contributed by atoms with Crippen LogP contribution in [-0.4, -0.2) is 0 Å². The van der Waals surface area contributed by atoms with Crippen LogP contribution < -0.4 is 0 Å². The summed E-state index contributed by atoms with van der Waals surface area (Å²) in [7, 11) is 0. The van der Waals surface area contributed by atoms with E-state index in [1.807, 2.05) is 0 Å². The Morgan fingerprint density at radius 3 is 1.15 bits per heavy atom. The van der Waals surface area contributed by atoms with E-state index in [0.717, 1.165) is 0 Å². The van der Waals surface area contributed by atoms with Crippen LogP contribution in [0.3, 0.4) is 0 Å². The average molecular weight is 581 g/mol. The molecule has 46 heavy (non-hydrogen) atoms. The summed E-state index contributed by atoms with van der Waals surface area (Å²) in [5.41, 5.74) is 5.01. The molecule has 0 radical (unpaired) electrons. The third-order valence-electron chi connectivity index (χ3n) is 10.0. The number of hydrogen-bond donors (Lipinski definition) is 0. The largest absolute Gasteiger partial charge is 0.0616 e. The second-order valence-electron chi connectivity index (χ2n) is 12.5. The highest BCUT2D eigenvalue weighted by Gasteiger charge is 2.15. The normalized spacial score (nSPS) is 11.9. The van der Waals surface area contributed by atoms with E-state index in [0.29, 0.717) is 0 Å². The van der Waals surface area contributed by atoms with Gasteiger partial charge in [-0.05, 0) is 110 Å². The van der Waals surface area contributed by atoms with E-state index in [4.69, 9.17) is 0 Å². The summed E-state index contributed by atoms with van der Waals surface area (Å²) < 4.78 is 0. The van der Waals surface area contributed by atoms with Crippen LogP contribution in [0.4, 0.5) is 0 Å². The topological polar surface area (TPSA) is 0 Å². The van der Waals surface area contributed by atoms with Crippen molar-refractivity contribution in [1.29, 1.82) is 0 Å². The number of rotatable bonds is 2. The third-order valence-corrected chi connectivity index (χ3v) is 10.0. The van der Waals surface area contributed by atoms with Gasteiger partial charge in [-0.15, -0.1) is 0 Å². The van der Waals surface area contributed by atoms with Crippen LogP contribution in [0.25, 0.3) is 97.7 Å². The van der Waals surface area contributed by atoms with E-state index in [1.54, 1.807) is 0 Å². The number of hydrogen-bond acceptors (Lipinski definition) is 0. The maximum absolute atomic E-state index is 2.38. The van der Waals surface area contributed by atoms with Crippen LogP contribution in [0.5, 0.6) is 0 Å². The van der Waals surface area contributed by atoms with E-state index in [1.165, 1.54) is 97.7 Å². The van der Waals surface area contributed by atoms with Gasteiger partial charge < -0.3 is 0 Å². The Morgan fingerprint density at radius 1 is 0.217 bits per heavy atom. The van der Waals surface area contributed by atoms with Crippen molar-refractivity contribution < 1.29 is 0 Å². The van der Waals surface area contributed by atoms with Crippen molar-refractivity contribution >= 4 is 75.4 Å². The van der Waals surface area contributed by atoms with Crippen molar-refractivity contribution in [1.82, 2.24) is 0 Å². The molecule has 0 N–H and O–H groups in total. The van der Waals surface area contributed by atoms with Gasteiger partial charge in [0.25, 0.3) is 0 Å². The summed E-state index contributed by atoms with van der Waals surface area (Å²) in [6.45, 7) is 0. The van der Waals surface area contributed by atoms with Crippen molar-refractivity contribution in [2.45, 2.75) is 0 Å². The molecule has 0 nitrogen and oxygen atoms in total. The quantitative estimate of drug-likeness (QED) is 0.178. The van der Waals surface area contributed by atoms with Crippen molar-refractivity contribution in [3.05, 3.63) is 170 Å². The Morgan fingerprint density at radius 2 is 0.587 bits per heavy atom. The summed E-state index contributed by atoms with van der Waals surface area (Å²) in [4.78, 5) is 0. The van der Waals surface area contributed by atoms with Gasteiger partial charge in [0.15, 0.2) is 0 Å². The van der Waals surface area contributed by atoms with Crippen molar-refractivity contribution in [3.63, 3.8) is 0 Å². The SMILES string of the molecule is c1ccc2c(-c3ccc4c(ccc5c6ccccc6ccc45)c3)c(-c3ccc4c(ccc5c6ccccc6ccc45)c3)ccc2c1. The standard InChI is InChI=1S/C46H28/c1-4-10-36-29(7-1)14-23-44-38-20-16-34(27-32(38)17-25-42(36)44)41-22-13-31-9-3-6-12-40(31)46(41)35-19-21-39-33(28-35)18-26-43-37-11-5-2-8-30(37)15-24-45(39)43/h1-28H. The second kappa shape index (κ2) is 9.76. The molecule has 0 heteroatoms. The minimum Gasteiger partial charge on any atom is -0.0616 e. The molecule has 0 aromatic heterocycles. The minimum absolute atomic E-state index is 1.23. The maximum atomic E-state index is 2.38. The molecule has 0 aliphatic heterocycles. The molecular weight excluding hydrogens is 553 g/mol. The minimum atomic E-state index is 1.23. The first-order valence-corrected chi connectivity index (χ1v) is 16.0. The van der Waals surface area contributed by atoms with Gasteiger partial charge >= 0.3 is 0 Å². The first kappa shape index (κ1) is 25.4. The lowest BCUT2D eigenvalue weighted by atomic mass is 9.87. The van der Waals surface area contributed by atoms with Gasteiger partial charge in [-0.1, -0.05) is 158 Å². The zero-order valence-corrected chi connectivity index (χ0v) is 25.2. The molecule has 0 aliphatic rings. The summed E-state index contributed by atoms with van der Waals surface area (Å²) >= 11 is 0. The Kier molecular flexibility index (Phi) is 5.38. The predicted octanol–water partition coefficient (Wildman–Crippen LogP) is 13.1. The molecule has 10 rings (SSSR count). The fourth-order valence-electron chi connectivity index (χ4n) is 7.80. The molecule has 0 atom stereocenters. The van der Waals surface area contributed by atoms with E-state index >= 15 is 0 Å². The lowest BCUT2D eigenvalue weighted by molar-refractivity contribution is 1.65. The molecule has 0 amide bonds. The van der Waals surface area contributed by atoms with Crippen LogP contribution in [0.2, 0.25) is 0 Å². The van der Waals surface area contributed by atoms with Crippen LogP contribution >= 0.6 is 0 Å². The average Bonchev–Trinajstić information content (AvgIpc) is 3.13. The molecule has 10 aromatic carbocycles. The van der Waals surface area contributed by atoms with Crippen molar-refractivity contribution in [2.24, 2.45) is 0 Å². The van der Waals surface area contributed by atoms with Crippen molar-refractivity contribution in [3.8, 4) is 22.3 Å². The number of fused-ring (bicyclic) bond motifs is 11. The fraction of sp³-hybridized carbons (Fsp3) is 0. The van der Waals surface area contributed by atoms with Gasteiger partial charge in [-0.3, -0.25) is 0 Å². The molecule has 0 fully saturated rings. The fourth-order valence-corrected chi connectivity index (χ4v) is 7.80. The molecule has 0 unspecified atom stereocenters. The highest BCUT2D eigenvalue weighted by Crippen LogP contribution is 2.42. The smallest absolute Gasteiger partial charge is 0.00266 e. The highest BCUT2D eigenvalue weighted by atomic mass is 14.2. The zero-order valence-electron chi connectivity index (χ0n) is 25.2. The number of benzene rings is 10. The Hall–Kier alpha value is -5.98. The van der Waals surface area contributed by atoms with Gasteiger partial charge in [-0.2, -0.15) is 0 Å². The Labute approximate surface area is 266 Å². The molecule has 10 aromatic rings. The monoisotopic (exact) mass is 580 g/mol. The molecule has 212 valence electrons. The van der Waals surface area contributed by atoms with Crippen LogP contribution in [0.1, 0.15) is 0 Å². The summed E-state index contributed by atoms with van der Waals surface area (Å²) in [6, 6.07) is 63.0.